The Hall–Kier alpha value is 0.150. The van der Waals surface area contributed by atoms with Crippen LogP contribution in [0, 0.1) is 5.92 Å². The average molecular weight is 418 g/mol. The van der Waals surface area contributed by atoms with E-state index in [-0.39, 0.29) is 22.3 Å². The molecular weight excluding hydrogens is 399 g/mol. The third-order valence-electron chi connectivity index (χ3n) is 3.57. The largest absolute Gasteiger partial charge is 0.330 e. The number of nitrogens with two attached hydrogens (primary N) is 1. The molecule has 1 heterocycles. The second-order valence-electron chi connectivity index (χ2n) is 5.02. The fraction of sp³-hybridized carbons (Fsp3) is 0.538. The maximum absolute atomic E-state index is 12.7. The van der Waals surface area contributed by atoms with Crippen molar-refractivity contribution in [2.45, 2.75) is 24.2 Å². The molecule has 120 valence electrons. The van der Waals surface area contributed by atoms with Crippen LogP contribution in [0.1, 0.15) is 19.3 Å². The quantitative estimate of drug-likeness (QED) is 0.817. The van der Waals surface area contributed by atoms with E-state index in [4.69, 9.17) is 17.3 Å². The van der Waals surface area contributed by atoms with E-state index in [2.05, 4.69) is 15.9 Å². The van der Waals surface area contributed by atoms with Crippen LogP contribution in [0.15, 0.2) is 27.6 Å². The molecule has 0 aromatic heterocycles. The highest BCUT2D eigenvalue weighted by molar-refractivity contribution is 9.10. The number of rotatable bonds is 4. The topological polar surface area (TPSA) is 63.4 Å². The van der Waals surface area contributed by atoms with Crippen LogP contribution in [0.2, 0.25) is 5.02 Å². The van der Waals surface area contributed by atoms with E-state index in [0.717, 1.165) is 23.7 Å². The molecule has 0 radical (unpaired) electrons. The number of hydrogen-bond donors (Lipinski definition) is 1. The summed E-state index contributed by atoms with van der Waals surface area (Å²) in [5.74, 6) is 0.345. The first-order chi connectivity index (χ1) is 9.45. The molecule has 2 rings (SSSR count). The third kappa shape index (κ3) is 4.56. The molecule has 1 aliphatic heterocycles. The highest BCUT2D eigenvalue weighted by atomic mass is 79.9. The molecule has 1 aromatic carbocycles. The molecule has 0 amide bonds. The second-order valence-corrected chi connectivity index (χ2v) is 8.25. The molecule has 8 heteroatoms. The van der Waals surface area contributed by atoms with Gasteiger partial charge in [-0.25, -0.2) is 8.42 Å². The Kier molecular flexibility index (Phi) is 7.43. The van der Waals surface area contributed by atoms with Gasteiger partial charge in [0.05, 0.1) is 5.02 Å². The lowest BCUT2D eigenvalue weighted by molar-refractivity contribution is 0.258. The zero-order valence-electron chi connectivity index (χ0n) is 11.5. The average Bonchev–Trinajstić information content (AvgIpc) is 2.39. The predicted octanol–water partition coefficient (Wildman–Crippen LogP) is 3.27. The van der Waals surface area contributed by atoms with Crippen LogP contribution >= 0.6 is 39.9 Å². The first-order valence-corrected chi connectivity index (χ1v) is 9.21. The van der Waals surface area contributed by atoms with Crippen LogP contribution in [0.25, 0.3) is 0 Å². The lowest BCUT2D eigenvalue weighted by Gasteiger charge is -2.32. The van der Waals surface area contributed by atoms with Crippen molar-refractivity contribution in [2.75, 3.05) is 19.6 Å². The number of benzene rings is 1. The Labute approximate surface area is 145 Å². The minimum Gasteiger partial charge on any atom is -0.330 e. The third-order valence-corrected chi connectivity index (χ3v) is 6.41. The Morgan fingerprint density at radius 1 is 1.43 bits per heavy atom. The first-order valence-electron chi connectivity index (χ1n) is 6.60. The second kappa shape index (κ2) is 8.13. The monoisotopic (exact) mass is 416 g/mol. The Morgan fingerprint density at radius 2 is 2.14 bits per heavy atom. The molecule has 1 fully saturated rings. The standard InChI is InChI=1S/C13H18BrClN2O2S.ClH/c14-11-3-4-13(12(15)8-11)20(18,19)17-7-1-2-10(9-17)5-6-16;/h3-4,8,10H,1-2,5-7,9,16H2;1H. The number of piperidine rings is 1. The lowest BCUT2D eigenvalue weighted by Crippen LogP contribution is -2.40. The maximum atomic E-state index is 12.7. The van der Waals surface area contributed by atoms with E-state index in [1.807, 2.05) is 0 Å². The molecule has 2 N–H and O–H groups in total. The van der Waals surface area contributed by atoms with Gasteiger partial charge < -0.3 is 5.73 Å². The Bertz CT molecular complexity index is 582. The zero-order valence-corrected chi connectivity index (χ0v) is 15.4. The van der Waals surface area contributed by atoms with Gasteiger partial charge in [0.25, 0.3) is 0 Å². The summed E-state index contributed by atoms with van der Waals surface area (Å²) in [6.07, 6.45) is 2.77. The van der Waals surface area contributed by atoms with Crippen molar-refractivity contribution >= 4 is 50.0 Å². The summed E-state index contributed by atoms with van der Waals surface area (Å²) in [6, 6.07) is 4.85. The summed E-state index contributed by atoms with van der Waals surface area (Å²) in [5, 5.41) is 0.250. The van der Waals surface area contributed by atoms with E-state index in [9.17, 15) is 8.42 Å². The minimum atomic E-state index is -3.52. The van der Waals surface area contributed by atoms with Gasteiger partial charge in [-0.2, -0.15) is 4.31 Å². The number of hydrogen-bond acceptors (Lipinski definition) is 3. The SMILES string of the molecule is Cl.NCCC1CCCN(S(=O)(=O)c2ccc(Br)cc2Cl)C1. The van der Waals surface area contributed by atoms with Crippen molar-refractivity contribution in [3.63, 3.8) is 0 Å². The van der Waals surface area contributed by atoms with Gasteiger partial charge in [0.15, 0.2) is 0 Å². The fourth-order valence-corrected chi connectivity index (χ4v) is 5.11. The smallest absolute Gasteiger partial charge is 0.244 e. The van der Waals surface area contributed by atoms with E-state index < -0.39 is 10.0 Å². The molecule has 1 saturated heterocycles. The van der Waals surface area contributed by atoms with Crippen LogP contribution in [0.5, 0.6) is 0 Å². The van der Waals surface area contributed by atoms with Gasteiger partial charge in [-0.3, -0.25) is 0 Å². The summed E-state index contributed by atoms with van der Waals surface area (Å²) in [5.41, 5.74) is 5.57. The highest BCUT2D eigenvalue weighted by Gasteiger charge is 2.31. The van der Waals surface area contributed by atoms with Gasteiger partial charge in [-0.05, 0) is 49.9 Å². The van der Waals surface area contributed by atoms with Gasteiger partial charge in [-0.15, -0.1) is 12.4 Å². The summed E-state index contributed by atoms with van der Waals surface area (Å²) < 4.78 is 27.6. The molecule has 1 atom stereocenters. The van der Waals surface area contributed by atoms with Gasteiger partial charge in [0.1, 0.15) is 4.90 Å². The van der Waals surface area contributed by atoms with E-state index >= 15 is 0 Å². The molecule has 0 bridgehead atoms. The highest BCUT2D eigenvalue weighted by Crippen LogP contribution is 2.30. The van der Waals surface area contributed by atoms with Crippen molar-refractivity contribution in [2.24, 2.45) is 11.7 Å². The van der Waals surface area contributed by atoms with Crippen molar-refractivity contribution in [1.29, 1.82) is 0 Å². The summed E-state index contributed by atoms with van der Waals surface area (Å²) in [7, 11) is -3.52. The molecule has 1 aliphatic rings. The lowest BCUT2D eigenvalue weighted by atomic mass is 9.96. The summed E-state index contributed by atoms with van der Waals surface area (Å²) >= 11 is 9.36. The van der Waals surface area contributed by atoms with Crippen LogP contribution in [0.4, 0.5) is 0 Å². The van der Waals surface area contributed by atoms with Crippen LogP contribution < -0.4 is 5.73 Å². The Morgan fingerprint density at radius 3 is 2.76 bits per heavy atom. The molecule has 0 aliphatic carbocycles. The van der Waals surface area contributed by atoms with Crippen molar-refractivity contribution in [1.82, 2.24) is 4.31 Å². The van der Waals surface area contributed by atoms with E-state index in [1.54, 1.807) is 18.2 Å². The summed E-state index contributed by atoms with van der Waals surface area (Å²) in [4.78, 5) is 0.177. The molecule has 21 heavy (non-hydrogen) atoms. The van der Waals surface area contributed by atoms with Crippen molar-refractivity contribution in [3.05, 3.63) is 27.7 Å². The molecular formula is C13H19BrCl2N2O2S. The molecule has 1 unspecified atom stereocenters. The number of sulfonamides is 1. The first kappa shape index (κ1) is 19.2. The van der Waals surface area contributed by atoms with Gasteiger partial charge in [0, 0.05) is 17.6 Å². The minimum absolute atomic E-state index is 0. The van der Waals surface area contributed by atoms with Crippen molar-refractivity contribution in [3.8, 4) is 0 Å². The van der Waals surface area contributed by atoms with Crippen molar-refractivity contribution < 1.29 is 8.42 Å². The fourth-order valence-electron chi connectivity index (χ4n) is 2.54. The number of halogens is 3. The van der Waals surface area contributed by atoms with Crippen LogP contribution in [0.3, 0.4) is 0 Å². The number of nitrogens with zero attached hydrogens (tertiary/aromatic N) is 1. The molecule has 0 spiro atoms. The van der Waals surface area contributed by atoms with E-state index in [1.165, 1.54) is 4.31 Å². The molecule has 0 saturated carbocycles. The van der Waals surface area contributed by atoms with E-state index in [0.29, 0.717) is 25.6 Å². The predicted molar refractivity (Wildman–Crippen MR) is 91.6 cm³/mol. The van der Waals surface area contributed by atoms with Gasteiger partial charge in [0.2, 0.25) is 10.0 Å². The van der Waals surface area contributed by atoms with Gasteiger partial charge in [-0.1, -0.05) is 27.5 Å². The molecule has 1 aromatic rings. The van der Waals surface area contributed by atoms with Gasteiger partial charge >= 0.3 is 0 Å². The summed E-state index contributed by atoms with van der Waals surface area (Å²) in [6.45, 7) is 1.68. The van der Waals surface area contributed by atoms with Crippen LogP contribution in [-0.2, 0) is 10.0 Å². The van der Waals surface area contributed by atoms with Crippen LogP contribution in [-0.4, -0.2) is 32.4 Å². The Balaban J connectivity index is 0.00000220. The molecule has 4 nitrogen and oxygen atoms in total. The zero-order chi connectivity index (χ0) is 14.8. The normalized spacial score (nSPS) is 20.0. The maximum Gasteiger partial charge on any atom is 0.244 e.